The number of nitrogens with two attached hydrogens (primary N) is 1. The van der Waals surface area contributed by atoms with Gasteiger partial charge in [-0.3, -0.25) is 9.59 Å². The fraction of sp³-hybridized carbons (Fsp3) is 0.286. The lowest BCUT2D eigenvalue weighted by Gasteiger charge is -2.19. The zero-order valence-electron chi connectivity index (χ0n) is 16.7. The zero-order chi connectivity index (χ0) is 21.4. The quantitative estimate of drug-likeness (QED) is 0.599. The van der Waals surface area contributed by atoms with Gasteiger partial charge in [0.25, 0.3) is 5.91 Å². The van der Waals surface area contributed by atoms with Crippen molar-refractivity contribution in [2.75, 3.05) is 11.1 Å². The summed E-state index contributed by atoms with van der Waals surface area (Å²) in [6, 6.07) is 14.1. The second-order valence-electron chi connectivity index (χ2n) is 7.26. The standard InChI is InChI=1S/C21H25N3O4S/c1-21(2,3)28-20(27)23-12-14-8-10-15(11-9-14)19(26)24-16-6-4-5-7-17(16)29-13-18(22)25/h4-11H,12-13H2,1-3H3,(H2,22,25)(H,23,27)(H,24,26). The van der Waals surface area contributed by atoms with Crippen LogP contribution in [-0.2, 0) is 16.1 Å². The number of carbonyl (C=O) groups is 3. The Kier molecular flexibility index (Phi) is 7.67. The van der Waals surface area contributed by atoms with Crippen molar-refractivity contribution in [1.29, 1.82) is 0 Å². The van der Waals surface area contributed by atoms with E-state index in [0.717, 1.165) is 10.5 Å². The monoisotopic (exact) mass is 415 g/mol. The molecule has 0 unspecified atom stereocenters. The molecular weight excluding hydrogens is 390 g/mol. The summed E-state index contributed by atoms with van der Waals surface area (Å²) >= 11 is 1.27. The lowest BCUT2D eigenvalue weighted by Crippen LogP contribution is -2.32. The molecular formula is C21H25N3O4S. The molecule has 154 valence electrons. The third-order valence-corrected chi connectivity index (χ3v) is 4.65. The van der Waals surface area contributed by atoms with Gasteiger partial charge >= 0.3 is 6.09 Å². The van der Waals surface area contributed by atoms with E-state index >= 15 is 0 Å². The third-order valence-electron chi connectivity index (χ3n) is 3.56. The van der Waals surface area contributed by atoms with Gasteiger partial charge in [0.2, 0.25) is 5.91 Å². The maximum Gasteiger partial charge on any atom is 0.407 e. The Morgan fingerprint density at radius 1 is 1.03 bits per heavy atom. The maximum absolute atomic E-state index is 12.5. The molecule has 0 saturated heterocycles. The van der Waals surface area contributed by atoms with Crippen molar-refractivity contribution < 1.29 is 19.1 Å². The minimum Gasteiger partial charge on any atom is -0.444 e. The Morgan fingerprint density at radius 2 is 1.69 bits per heavy atom. The predicted octanol–water partition coefficient (Wildman–Crippen LogP) is 3.54. The molecule has 2 aromatic rings. The summed E-state index contributed by atoms with van der Waals surface area (Å²) in [5.41, 5.74) is 6.55. The smallest absolute Gasteiger partial charge is 0.407 e. The fourth-order valence-corrected chi connectivity index (χ4v) is 3.05. The third kappa shape index (κ3) is 7.87. The van der Waals surface area contributed by atoms with Crippen LogP contribution in [0.4, 0.5) is 10.5 Å². The first kappa shape index (κ1) is 22.3. The summed E-state index contributed by atoms with van der Waals surface area (Å²) in [4.78, 5) is 36.0. The molecule has 0 bridgehead atoms. The van der Waals surface area contributed by atoms with E-state index in [2.05, 4.69) is 10.6 Å². The molecule has 0 aliphatic heterocycles. The van der Waals surface area contributed by atoms with Gasteiger partial charge in [-0.15, -0.1) is 11.8 Å². The average molecular weight is 416 g/mol. The second kappa shape index (κ2) is 9.97. The summed E-state index contributed by atoms with van der Waals surface area (Å²) in [5.74, 6) is -0.567. The molecule has 0 atom stereocenters. The minimum absolute atomic E-state index is 0.131. The largest absolute Gasteiger partial charge is 0.444 e. The first-order valence-corrected chi connectivity index (χ1v) is 10.00. The second-order valence-corrected chi connectivity index (χ2v) is 8.27. The van der Waals surface area contributed by atoms with Gasteiger partial charge in [0.15, 0.2) is 0 Å². The molecule has 29 heavy (non-hydrogen) atoms. The van der Waals surface area contributed by atoms with Crippen LogP contribution in [0.25, 0.3) is 0 Å². The van der Waals surface area contributed by atoms with Crippen molar-refractivity contribution in [2.45, 2.75) is 37.8 Å². The number of benzene rings is 2. The molecule has 0 fully saturated rings. The molecule has 8 heteroatoms. The van der Waals surface area contributed by atoms with Gasteiger partial charge in [-0.25, -0.2) is 4.79 Å². The van der Waals surface area contributed by atoms with E-state index < -0.39 is 17.6 Å². The lowest BCUT2D eigenvalue weighted by molar-refractivity contribution is -0.115. The molecule has 0 aliphatic rings. The van der Waals surface area contributed by atoms with E-state index in [1.807, 2.05) is 12.1 Å². The van der Waals surface area contributed by atoms with Gasteiger partial charge in [-0.1, -0.05) is 24.3 Å². The Labute approximate surface area is 174 Å². The van der Waals surface area contributed by atoms with Gasteiger partial charge in [0.1, 0.15) is 5.60 Å². The molecule has 0 saturated carbocycles. The number of nitrogens with one attached hydrogen (secondary N) is 2. The number of carbonyl (C=O) groups excluding carboxylic acids is 3. The Morgan fingerprint density at radius 3 is 2.31 bits per heavy atom. The van der Waals surface area contributed by atoms with Crippen LogP contribution in [0.2, 0.25) is 0 Å². The Bertz CT molecular complexity index is 876. The molecule has 2 aromatic carbocycles. The fourth-order valence-electron chi connectivity index (χ4n) is 2.30. The number of hydrogen-bond acceptors (Lipinski definition) is 5. The predicted molar refractivity (Wildman–Crippen MR) is 114 cm³/mol. The minimum atomic E-state index is -0.557. The van der Waals surface area contributed by atoms with Gasteiger partial charge < -0.3 is 21.1 Å². The number of para-hydroxylation sites is 1. The van der Waals surface area contributed by atoms with Crippen LogP contribution < -0.4 is 16.4 Å². The number of thioether (sulfide) groups is 1. The Balaban J connectivity index is 1.96. The summed E-state index contributed by atoms with van der Waals surface area (Å²) in [7, 11) is 0. The van der Waals surface area contributed by atoms with Crippen LogP contribution in [0.1, 0.15) is 36.7 Å². The highest BCUT2D eigenvalue weighted by atomic mass is 32.2. The van der Waals surface area contributed by atoms with Crippen LogP contribution >= 0.6 is 11.8 Å². The number of primary amides is 1. The molecule has 4 N–H and O–H groups in total. The Hall–Kier alpha value is -3.00. The first-order chi connectivity index (χ1) is 13.6. The van der Waals surface area contributed by atoms with Gasteiger partial charge in [-0.2, -0.15) is 0 Å². The number of hydrogen-bond donors (Lipinski definition) is 3. The van der Waals surface area contributed by atoms with Crippen molar-refractivity contribution in [3.05, 3.63) is 59.7 Å². The van der Waals surface area contributed by atoms with Gasteiger partial charge in [-0.05, 0) is 50.6 Å². The van der Waals surface area contributed by atoms with Crippen LogP contribution in [0.5, 0.6) is 0 Å². The first-order valence-electron chi connectivity index (χ1n) is 9.01. The number of amides is 3. The summed E-state index contributed by atoms with van der Waals surface area (Å²) in [5, 5.41) is 5.52. The van der Waals surface area contributed by atoms with E-state index in [1.165, 1.54) is 11.8 Å². The van der Waals surface area contributed by atoms with Crippen molar-refractivity contribution in [1.82, 2.24) is 5.32 Å². The van der Waals surface area contributed by atoms with Crippen LogP contribution in [0.15, 0.2) is 53.4 Å². The maximum atomic E-state index is 12.5. The zero-order valence-corrected chi connectivity index (χ0v) is 17.5. The summed E-state index contributed by atoms with van der Waals surface area (Å²) in [6.45, 7) is 5.68. The van der Waals surface area contributed by atoms with E-state index in [-0.39, 0.29) is 11.7 Å². The van der Waals surface area contributed by atoms with Crippen molar-refractivity contribution in [2.24, 2.45) is 5.73 Å². The molecule has 0 aromatic heterocycles. The van der Waals surface area contributed by atoms with Crippen LogP contribution in [0, 0.1) is 0 Å². The highest BCUT2D eigenvalue weighted by Crippen LogP contribution is 2.27. The number of rotatable bonds is 7. The average Bonchev–Trinajstić information content (AvgIpc) is 2.64. The van der Waals surface area contributed by atoms with Crippen molar-refractivity contribution >= 4 is 35.4 Å². The molecule has 3 amide bonds. The van der Waals surface area contributed by atoms with Crippen molar-refractivity contribution in [3.8, 4) is 0 Å². The highest BCUT2D eigenvalue weighted by Gasteiger charge is 2.16. The highest BCUT2D eigenvalue weighted by molar-refractivity contribution is 8.00. The van der Waals surface area contributed by atoms with E-state index in [9.17, 15) is 14.4 Å². The van der Waals surface area contributed by atoms with Crippen molar-refractivity contribution in [3.63, 3.8) is 0 Å². The molecule has 0 spiro atoms. The van der Waals surface area contributed by atoms with Crippen LogP contribution in [-0.4, -0.2) is 29.3 Å². The van der Waals surface area contributed by atoms with E-state index in [0.29, 0.717) is 17.8 Å². The number of ether oxygens (including phenoxy) is 1. The molecule has 2 rings (SSSR count). The molecule has 7 nitrogen and oxygen atoms in total. The normalized spacial score (nSPS) is 10.9. The SMILES string of the molecule is CC(C)(C)OC(=O)NCc1ccc(C(=O)Nc2ccccc2SCC(N)=O)cc1. The topological polar surface area (TPSA) is 111 Å². The lowest BCUT2D eigenvalue weighted by atomic mass is 10.1. The number of anilines is 1. The molecule has 0 heterocycles. The van der Waals surface area contributed by atoms with Gasteiger partial charge in [0.05, 0.1) is 11.4 Å². The molecule has 0 radical (unpaired) electrons. The van der Waals surface area contributed by atoms with E-state index in [4.69, 9.17) is 10.5 Å². The summed E-state index contributed by atoms with van der Waals surface area (Å²) in [6.07, 6.45) is -0.496. The summed E-state index contributed by atoms with van der Waals surface area (Å²) < 4.78 is 5.19. The molecule has 0 aliphatic carbocycles. The van der Waals surface area contributed by atoms with Gasteiger partial charge in [0, 0.05) is 17.0 Å². The van der Waals surface area contributed by atoms with Crippen LogP contribution in [0.3, 0.4) is 0 Å². The number of alkyl carbamates (subject to hydrolysis) is 1. The van der Waals surface area contributed by atoms with E-state index in [1.54, 1.807) is 57.2 Å².